The van der Waals surface area contributed by atoms with E-state index in [1.165, 1.54) is 5.56 Å². The highest BCUT2D eigenvalue weighted by atomic mass is 32.2. The van der Waals surface area contributed by atoms with Crippen LogP contribution in [0.3, 0.4) is 0 Å². The summed E-state index contributed by atoms with van der Waals surface area (Å²) in [4.78, 5) is 2.26. The predicted molar refractivity (Wildman–Crippen MR) is 110 cm³/mol. The Hall–Kier alpha value is -1.77. The lowest BCUT2D eigenvalue weighted by atomic mass is 10.1. The van der Waals surface area contributed by atoms with Crippen molar-refractivity contribution in [2.75, 3.05) is 18.1 Å². The molecular weight excluding hydrogens is 380 g/mol. The zero-order valence-electron chi connectivity index (χ0n) is 15.6. The fourth-order valence-corrected chi connectivity index (χ4v) is 5.45. The molecule has 0 spiro atoms. The zero-order chi connectivity index (χ0) is 19.4. The first kappa shape index (κ1) is 20.0. The van der Waals surface area contributed by atoms with Gasteiger partial charge in [0.1, 0.15) is 5.82 Å². The van der Waals surface area contributed by atoms with Gasteiger partial charge in [0.15, 0.2) is 14.6 Å². The van der Waals surface area contributed by atoms with Crippen LogP contribution in [-0.4, -0.2) is 45.7 Å². The van der Waals surface area contributed by atoms with Crippen molar-refractivity contribution in [3.05, 3.63) is 59.1 Å². The smallest absolute Gasteiger partial charge is 0.199 e. The normalized spacial score (nSPS) is 18.8. The van der Waals surface area contributed by atoms with Gasteiger partial charge >= 0.3 is 0 Å². The Morgan fingerprint density at radius 2 is 2.11 bits per heavy atom. The molecule has 1 atom stereocenters. The summed E-state index contributed by atoms with van der Waals surface area (Å²) < 4.78 is 28.2. The van der Waals surface area contributed by atoms with Gasteiger partial charge in [-0.05, 0) is 30.7 Å². The maximum atomic E-state index is 11.9. The van der Waals surface area contributed by atoms with Gasteiger partial charge in [0.05, 0.1) is 18.2 Å². The van der Waals surface area contributed by atoms with E-state index in [4.69, 9.17) is 17.3 Å². The van der Waals surface area contributed by atoms with Crippen LogP contribution in [-0.2, 0) is 29.6 Å². The van der Waals surface area contributed by atoms with Crippen LogP contribution in [0.1, 0.15) is 30.7 Å². The van der Waals surface area contributed by atoms with Crippen LogP contribution in [0.15, 0.2) is 43.0 Å². The quantitative estimate of drug-likeness (QED) is 0.498. The minimum absolute atomic E-state index is 0.0953. The molecule has 0 saturated carbocycles. The summed E-state index contributed by atoms with van der Waals surface area (Å²) in [6.07, 6.45) is 2.38. The van der Waals surface area contributed by atoms with E-state index in [1.54, 1.807) is 6.08 Å². The maximum absolute atomic E-state index is 11.9. The first-order valence-electron chi connectivity index (χ1n) is 9.18. The largest absolute Gasteiger partial charge is 0.300 e. The fraction of sp³-hybridized carbons (Fsp3) is 0.474. The number of hydrogen-bond donors (Lipinski definition) is 0. The topological polar surface area (TPSA) is 60.1 Å². The molecule has 146 valence electrons. The molecule has 0 aliphatic carbocycles. The highest BCUT2D eigenvalue weighted by molar-refractivity contribution is 7.91. The second kappa shape index (κ2) is 8.50. The molecule has 1 aromatic heterocycles. The van der Waals surface area contributed by atoms with Crippen LogP contribution in [0.25, 0.3) is 0 Å². The average Bonchev–Trinajstić information content (AvgIpc) is 3.16. The van der Waals surface area contributed by atoms with Crippen molar-refractivity contribution in [1.29, 1.82) is 0 Å². The molecule has 0 amide bonds. The van der Waals surface area contributed by atoms with Gasteiger partial charge in [-0.15, -0.1) is 6.58 Å². The second-order valence-corrected chi connectivity index (χ2v) is 9.51. The third-order valence-corrected chi connectivity index (χ3v) is 7.09. The Morgan fingerprint density at radius 3 is 2.70 bits per heavy atom. The maximum Gasteiger partial charge on any atom is 0.199 e. The fourth-order valence-electron chi connectivity index (χ4n) is 3.44. The molecule has 3 rings (SSSR count). The third-order valence-electron chi connectivity index (χ3n) is 4.89. The lowest BCUT2D eigenvalue weighted by Gasteiger charge is -2.20. The third kappa shape index (κ3) is 4.75. The summed E-state index contributed by atoms with van der Waals surface area (Å²) in [7, 11) is -2.98. The van der Waals surface area contributed by atoms with Crippen molar-refractivity contribution in [3.8, 4) is 0 Å². The first-order valence-corrected chi connectivity index (χ1v) is 11.4. The molecule has 6 nitrogen and oxygen atoms in total. The van der Waals surface area contributed by atoms with Crippen LogP contribution in [0.4, 0.5) is 0 Å². The predicted octanol–water partition coefficient (Wildman–Crippen LogP) is 2.98. The van der Waals surface area contributed by atoms with Gasteiger partial charge in [0.25, 0.3) is 0 Å². The van der Waals surface area contributed by atoms with Crippen LogP contribution >= 0.6 is 12.2 Å². The van der Waals surface area contributed by atoms with E-state index in [0.29, 0.717) is 24.4 Å². The van der Waals surface area contributed by atoms with Gasteiger partial charge in [-0.1, -0.05) is 43.3 Å². The van der Waals surface area contributed by atoms with Crippen molar-refractivity contribution in [2.24, 2.45) is 0 Å². The van der Waals surface area contributed by atoms with Gasteiger partial charge in [0.2, 0.25) is 0 Å². The molecule has 8 heteroatoms. The van der Waals surface area contributed by atoms with E-state index in [1.807, 2.05) is 27.4 Å². The van der Waals surface area contributed by atoms with Crippen molar-refractivity contribution < 1.29 is 8.42 Å². The molecule has 1 aromatic carbocycles. The molecule has 2 heterocycles. The van der Waals surface area contributed by atoms with Crippen LogP contribution in [0.5, 0.6) is 0 Å². The average molecular weight is 407 g/mol. The summed E-state index contributed by atoms with van der Waals surface area (Å²) in [6.45, 7) is 8.68. The van der Waals surface area contributed by atoms with Gasteiger partial charge in [0, 0.05) is 19.0 Å². The number of allylic oxidation sites excluding steroid dienone is 1. The van der Waals surface area contributed by atoms with E-state index < -0.39 is 9.84 Å². The standard InChI is InChI=1S/C19H26N4O2S2/c1-3-11-22-18(17-10-12-27(24,25)14-17)20-23(19(22)26)15-21(4-2)13-16-8-6-5-7-9-16/h3,5-9,17H,1,4,10-15H2,2H3/t17-/m1/s1. The highest BCUT2D eigenvalue weighted by Crippen LogP contribution is 2.28. The lowest BCUT2D eigenvalue weighted by Crippen LogP contribution is -2.26. The van der Waals surface area contributed by atoms with Crippen molar-refractivity contribution in [2.45, 2.75) is 39.0 Å². The van der Waals surface area contributed by atoms with E-state index in [0.717, 1.165) is 18.9 Å². The summed E-state index contributed by atoms with van der Waals surface area (Å²) >= 11 is 5.64. The zero-order valence-corrected chi connectivity index (χ0v) is 17.3. The molecule has 1 aliphatic rings. The Kier molecular flexibility index (Phi) is 6.29. The van der Waals surface area contributed by atoms with E-state index in [-0.39, 0.29) is 17.4 Å². The lowest BCUT2D eigenvalue weighted by molar-refractivity contribution is 0.206. The van der Waals surface area contributed by atoms with Gasteiger partial charge in [-0.2, -0.15) is 5.10 Å². The second-order valence-electron chi connectivity index (χ2n) is 6.91. The Morgan fingerprint density at radius 1 is 1.37 bits per heavy atom. The summed E-state index contributed by atoms with van der Waals surface area (Å²) in [5.74, 6) is 1.04. The molecule has 0 N–H and O–H groups in total. The Bertz CT molecular complexity index is 948. The number of hydrogen-bond acceptors (Lipinski definition) is 5. The molecule has 1 fully saturated rings. The minimum atomic E-state index is -2.98. The van der Waals surface area contributed by atoms with Crippen LogP contribution < -0.4 is 0 Å². The highest BCUT2D eigenvalue weighted by Gasteiger charge is 2.33. The Balaban J connectivity index is 1.85. The first-order chi connectivity index (χ1) is 12.9. The van der Waals surface area contributed by atoms with Crippen molar-refractivity contribution in [3.63, 3.8) is 0 Å². The molecule has 0 bridgehead atoms. The number of rotatable bonds is 8. The molecule has 27 heavy (non-hydrogen) atoms. The molecule has 0 radical (unpaired) electrons. The van der Waals surface area contributed by atoms with E-state index in [2.05, 4.69) is 30.5 Å². The molecule has 2 aromatic rings. The van der Waals surface area contributed by atoms with Crippen LogP contribution in [0, 0.1) is 4.77 Å². The van der Waals surface area contributed by atoms with E-state index >= 15 is 0 Å². The monoisotopic (exact) mass is 406 g/mol. The van der Waals surface area contributed by atoms with Gasteiger partial charge in [-0.25, -0.2) is 13.1 Å². The number of nitrogens with zero attached hydrogens (tertiary/aromatic N) is 4. The molecule has 1 aliphatic heterocycles. The summed E-state index contributed by atoms with van der Waals surface area (Å²) in [5, 5.41) is 4.73. The minimum Gasteiger partial charge on any atom is -0.300 e. The number of sulfone groups is 1. The number of benzene rings is 1. The van der Waals surface area contributed by atoms with Crippen molar-refractivity contribution >= 4 is 22.1 Å². The van der Waals surface area contributed by atoms with E-state index in [9.17, 15) is 8.42 Å². The summed E-state index contributed by atoms with van der Waals surface area (Å²) in [5.41, 5.74) is 1.23. The van der Waals surface area contributed by atoms with Crippen molar-refractivity contribution in [1.82, 2.24) is 19.2 Å². The summed E-state index contributed by atoms with van der Waals surface area (Å²) in [6, 6.07) is 10.3. The van der Waals surface area contributed by atoms with Gasteiger partial charge < -0.3 is 0 Å². The molecule has 0 unspecified atom stereocenters. The SMILES string of the molecule is C=CCn1c([C@@H]2CCS(=O)(=O)C2)nn(CN(CC)Cc2ccccc2)c1=S. The number of aromatic nitrogens is 3. The molecule has 1 saturated heterocycles. The van der Waals surface area contributed by atoms with Crippen LogP contribution in [0.2, 0.25) is 0 Å². The Labute approximate surface area is 166 Å². The van der Waals surface area contributed by atoms with Gasteiger partial charge in [-0.3, -0.25) is 9.47 Å². The molecular formula is C19H26N4O2S2.